The van der Waals surface area contributed by atoms with Crippen molar-refractivity contribution < 1.29 is 17.9 Å². The first-order valence-electron chi connectivity index (χ1n) is 5.28. The summed E-state index contributed by atoms with van der Waals surface area (Å²) in [5.74, 6) is 0.646. The molecule has 0 N–H and O–H groups in total. The third kappa shape index (κ3) is 2.93. The van der Waals surface area contributed by atoms with E-state index >= 15 is 0 Å². The molecule has 0 spiro atoms. The van der Waals surface area contributed by atoms with Gasteiger partial charge in [0, 0.05) is 12.5 Å². The Morgan fingerprint density at radius 2 is 1.78 bits per heavy atom. The van der Waals surface area contributed by atoms with Crippen molar-refractivity contribution in [3.8, 4) is 17.6 Å². The van der Waals surface area contributed by atoms with Crippen molar-refractivity contribution in [3.05, 3.63) is 17.7 Å². The van der Waals surface area contributed by atoms with Gasteiger partial charge in [-0.25, -0.2) is 8.42 Å². The minimum atomic E-state index is -3.47. The predicted octanol–water partition coefficient (Wildman–Crippen LogP) is 1.70. The molecule has 0 aliphatic carbocycles. The van der Waals surface area contributed by atoms with Crippen molar-refractivity contribution in [2.75, 3.05) is 20.0 Å². The van der Waals surface area contributed by atoms with Crippen LogP contribution in [0.25, 0.3) is 0 Å². The molecule has 0 saturated carbocycles. The quantitative estimate of drug-likeness (QED) is 0.813. The number of sulfone groups is 1. The van der Waals surface area contributed by atoms with Gasteiger partial charge in [-0.15, -0.1) is 0 Å². The average Bonchev–Trinajstić information content (AvgIpc) is 2.35. The molecule has 18 heavy (non-hydrogen) atoms. The molecule has 98 valence electrons. The summed E-state index contributed by atoms with van der Waals surface area (Å²) in [5.41, 5.74) is 0.575. The van der Waals surface area contributed by atoms with E-state index in [1.54, 1.807) is 13.0 Å². The molecule has 6 heteroatoms. The third-order valence-electron chi connectivity index (χ3n) is 2.50. The highest BCUT2D eigenvalue weighted by molar-refractivity contribution is 7.91. The van der Waals surface area contributed by atoms with Crippen LogP contribution < -0.4 is 9.47 Å². The first-order valence-corrected chi connectivity index (χ1v) is 6.94. The van der Waals surface area contributed by atoms with Crippen LogP contribution in [-0.4, -0.2) is 28.4 Å². The number of nitriles is 1. The van der Waals surface area contributed by atoms with E-state index in [1.807, 2.05) is 6.07 Å². The van der Waals surface area contributed by atoms with Gasteiger partial charge in [0.2, 0.25) is 0 Å². The zero-order chi connectivity index (χ0) is 13.8. The van der Waals surface area contributed by atoms with Gasteiger partial charge in [-0.2, -0.15) is 5.26 Å². The molecule has 5 nitrogen and oxygen atoms in total. The number of aryl methyl sites for hydroxylation is 1. The lowest BCUT2D eigenvalue weighted by Gasteiger charge is -2.12. The SMILES string of the molecule is COc1cc(C)c(S(=O)(=O)CCC#N)cc1OC. The fourth-order valence-corrected chi connectivity index (χ4v) is 3.00. The van der Waals surface area contributed by atoms with Crippen LogP contribution in [0.4, 0.5) is 0 Å². The molecule has 1 aromatic rings. The second-order valence-electron chi connectivity index (χ2n) is 3.70. The second kappa shape index (κ2) is 5.74. The van der Waals surface area contributed by atoms with E-state index in [0.29, 0.717) is 17.1 Å². The van der Waals surface area contributed by atoms with Crippen molar-refractivity contribution in [1.82, 2.24) is 0 Å². The highest BCUT2D eigenvalue weighted by Gasteiger charge is 2.20. The van der Waals surface area contributed by atoms with Gasteiger partial charge in [0.25, 0.3) is 0 Å². The minimum Gasteiger partial charge on any atom is -0.493 e. The first kappa shape index (κ1) is 14.3. The van der Waals surface area contributed by atoms with Crippen molar-refractivity contribution in [1.29, 1.82) is 5.26 Å². The van der Waals surface area contributed by atoms with Gasteiger partial charge in [-0.1, -0.05) is 0 Å². The number of methoxy groups -OCH3 is 2. The summed E-state index contributed by atoms with van der Waals surface area (Å²) in [7, 11) is -0.538. The van der Waals surface area contributed by atoms with Crippen LogP contribution in [0, 0.1) is 18.3 Å². The fraction of sp³-hybridized carbons (Fsp3) is 0.417. The van der Waals surface area contributed by atoms with E-state index in [0.717, 1.165) is 0 Å². The van der Waals surface area contributed by atoms with E-state index in [4.69, 9.17) is 14.7 Å². The number of ether oxygens (including phenoxy) is 2. The summed E-state index contributed by atoms with van der Waals surface area (Å²) in [6, 6.07) is 4.87. The van der Waals surface area contributed by atoms with Crippen LogP contribution in [0.2, 0.25) is 0 Å². The Kier molecular flexibility index (Phi) is 4.56. The van der Waals surface area contributed by atoms with Crippen LogP contribution in [0.1, 0.15) is 12.0 Å². The van der Waals surface area contributed by atoms with Crippen LogP contribution >= 0.6 is 0 Å². The molecule has 0 fully saturated rings. The maximum Gasteiger partial charge on any atom is 0.179 e. The lowest BCUT2D eigenvalue weighted by atomic mass is 10.2. The highest BCUT2D eigenvalue weighted by Crippen LogP contribution is 2.32. The summed E-state index contributed by atoms with van der Waals surface area (Å²) >= 11 is 0. The van der Waals surface area contributed by atoms with Crippen LogP contribution in [0.15, 0.2) is 17.0 Å². The molecule has 0 aliphatic heterocycles. The zero-order valence-corrected chi connectivity index (χ0v) is 11.4. The van der Waals surface area contributed by atoms with Crippen LogP contribution in [-0.2, 0) is 9.84 Å². The Hall–Kier alpha value is -1.74. The molecule has 1 rings (SSSR count). The zero-order valence-electron chi connectivity index (χ0n) is 10.6. The molecular formula is C12H15NO4S. The molecule has 0 amide bonds. The van der Waals surface area contributed by atoms with E-state index in [9.17, 15) is 8.42 Å². The average molecular weight is 269 g/mol. The number of benzene rings is 1. The monoisotopic (exact) mass is 269 g/mol. The maximum atomic E-state index is 12.0. The van der Waals surface area contributed by atoms with Crippen LogP contribution in [0.5, 0.6) is 11.5 Å². The number of hydrogen-bond acceptors (Lipinski definition) is 5. The van der Waals surface area contributed by atoms with Crippen molar-refractivity contribution >= 4 is 9.84 Å². The molecule has 0 atom stereocenters. The molecule has 1 aromatic carbocycles. The van der Waals surface area contributed by atoms with Crippen molar-refractivity contribution in [3.63, 3.8) is 0 Å². The first-order chi connectivity index (χ1) is 8.46. The molecule has 0 radical (unpaired) electrons. The Bertz CT molecular complexity index is 572. The second-order valence-corrected chi connectivity index (χ2v) is 5.78. The Morgan fingerprint density at radius 3 is 2.28 bits per heavy atom. The van der Waals surface area contributed by atoms with E-state index < -0.39 is 9.84 Å². The van der Waals surface area contributed by atoms with Gasteiger partial charge in [0.05, 0.1) is 30.9 Å². The lowest BCUT2D eigenvalue weighted by Crippen LogP contribution is -2.09. The normalized spacial score (nSPS) is 10.8. The Balaban J connectivity index is 3.30. The molecule has 0 heterocycles. The molecule has 0 bridgehead atoms. The molecule has 0 aliphatic rings. The minimum absolute atomic E-state index is 0.0316. The largest absolute Gasteiger partial charge is 0.493 e. The summed E-state index contributed by atoms with van der Waals surface area (Å²) in [4.78, 5) is 0.176. The summed E-state index contributed by atoms with van der Waals surface area (Å²) in [6.45, 7) is 1.68. The van der Waals surface area contributed by atoms with Gasteiger partial charge < -0.3 is 9.47 Å². The molecule has 0 saturated heterocycles. The van der Waals surface area contributed by atoms with E-state index in [2.05, 4.69) is 0 Å². The highest BCUT2D eigenvalue weighted by atomic mass is 32.2. The van der Waals surface area contributed by atoms with Gasteiger partial charge in [0.1, 0.15) is 0 Å². The van der Waals surface area contributed by atoms with Crippen molar-refractivity contribution in [2.24, 2.45) is 0 Å². The van der Waals surface area contributed by atoms with Gasteiger partial charge >= 0.3 is 0 Å². The topological polar surface area (TPSA) is 76.4 Å². The number of rotatable bonds is 5. The Labute approximate surface area is 107 Å². The van der Waals surface area contributed by atoms with Gasteiger partial charge in [-0.05, 0) is 18.6 Å². The number of nitrogens with zero attached hydrogens (tertiary/aromatic N) is 1. The summed E-state index contributed by atoms with van der Waals surface area (Å²) in [6.07, 6.45) is -0.0316. The van der Waals surface area contributed by atoms with E-state index in [-0.39, 0.29) is 17.1 Å². The molecule has 0 unspecified atom stereocenters. The smallest absolute Gasteiger partial charge is 0.179 e. The summed E-state index contributed by atoms with van der Waals surface area (Å²) < 4.78 is 34.2. The van der Waals surface area contributed by atoms with Crippen molar-refractivity contribution in [2.45, 2.75) is 18.2 Å². The molecule has 0 aromatic heterocycles. The summed E-state index contributed by atoms with van der Waals surface area (Å²) in [5, 5.41) is 8.47. The standard InChI is InChI=1S/C12H15NO4S/c1-9-7-10(16-2)11(17-3)8-12(9)18(14,15)6-4-5-13/h7-8H,4,6H2,1-3H3. The fourth-order valence-electron chi connectivity index (χ4n) is 1.59. The van der Waals surface area contributed by atoms with Crippen LogP contribution in [0.3, 0.4) is 0 Å². The Morgan fingerprint density at radius 1 is 1.22 bits per heavy atom. The number of hydrogen-bond donors (Lipinski definition) is 0. The maximum absolute atomic E-state index is 12.0. The lowest BCUT2D eigenvalue weighted by molar-refractivity contribution is 0.353. The third-order valence-corrected chi connectivity index (χ3v) is 4.35. The van der Waals surface area contributed by atoms with Gasteiger partial charge in [-0.3, -0.25) is 0 Å². The molecular weight excluding hydrogens is 254 g/mol. The van der Waals surface area contributed by atoms with Gasteiger partial charge in [0.15, 0.2) is 21.3 Å². The van der Waals surface area contributed by atoms with E-state index in [1.165, 1.54) is 20.3 Å². The predicted molar refractivity (Wildman–Crippen MR) is 66.6 cm³/mol.